The van der Waals surface area contributed by atoms with Crippen LogP contribution < -0.4 is 10.6 Å². The number of benzene rings is 2. The van der Waals surface area contributed by atoms with Crippen LogP contribution in [0.5, 0.6) is 0 Å². The third kappa shape index (κ3) is 3.53. The van der Waals surface area contributed by atoms with Crippen LogP contribution in [0, 0.1) is 19.7 Å². The van der Waals surface area contributed by atoms with Crippen molar-refractivity contribution < 1.29 is 14.0 Å². The first-order valence-electron chi connectivity index (χ1n) is 8.84. The predicted molar refractivity (Wildman–Crippen MR) is 108 cm³/mol. The molecule has 0 unspecified atom stereocenters. The van der Waals surface area contributed by atoms with Crippen LogP contribution in [0.3, 0.4) is 0 Å². The molecule has 1 atom stereocenters. The largest absolute Gasteiger partial charge is 0.326 e. The summed E-state index contributed by atoms with van der Waals surface area (Å²) in [5.41, 5.74) is 5.00. The van der Waals surface area contributed by atoms with Crippen LogP contribution in [0.1, 0.15) is 29.0 Å². The molecule has 0 fully saturated rings. The zero-order chi connectivity index (χ0) is 19.8. The Labute approximate surface area is 165 Å². The molecule has 2 aromatic carbocycles. The summed E-state index contributed by atoms with van der Waals surface area (Å²) in [7, 11) is 0. The summed E-state index contributed by atoms with van der Waals surface area (Å²) in [6.45, 7) is 4.04. The van der Waals surface area contributed by atoms with Gasteiger partial charge in [0, 0.05) is 23.1 Å². The number of carbonyl (C=O) groups excluding carboxylic acids is 2. The van der Waals surface area contributed by atoms with Gasteiger partial charge in [-0.3, -0.25) is 9.59 Å². The van der Waals surface area contributed by atoms with Gasteiger partial charge in [0.1, 0.15) is 5.82 Å². The van der Waals surface area contributed by atoms with Crippen molar-refractivity contribution in [2.75, 3.05) is 10.6 Å². The normalized spacial score (nSPS) is 15.7. The topological polar surface area (TPSA) is 71.1 Å². The van der Waals surface area contributed by atoms with Gasteiger partial charge >= 0.3 is 0 Å². The Balaban J connectivity index is 1.58. The monoisotopic (exact) mass is 395 g/mol. The summed E-state index contributed by atoms with van der Waals surface area (Å²) in [5.74, 6) is -1.78. The molecule has 4 rings (SSSR count). The number of anilines is 2. The van der Waals surface area contributed by atoms with E-state index < -0.39 is 11.7 Å². The molecule has 0 aliphatic carbocycles. The second-order valence-electron chi connectivity index (χ2n) is 6.88. The van der Waals surface area contributed by atoms with Crippen molar-refractivity contribution in [3.63, 3.8) is 0 Å². The Morgan fingerprint density at radius 1 is 1.25 bits per heavy atom. The second kappa shape index (κ2) is 7.16. The fourth-order valence-electron chi connectivity index (χ4n) is 3.33. The van der Waals surface area contributed by atoms with Gasteiger partial charge in [-0.25, -0.2) is 9.37 Å². The number of hydrogen-bond acceptors (Lipinski definition) is 4. The van der Waals surface area contributed by atoms with Gasteiger partial charge in [-0.05, 0) is 43.2 Å². The van der Waals surface area contributed by atoms with Crippen molar-refractivity contribution >= 4 is 34.0 Å². The third-order valence-corrected chi connectivity index (χ3v) is 5.53. The number of carbonyl (C=O) groups is 2. The van der Waals surface area contributed by atoms with E-state index in [1.807, 2.05) is 31.4 Å². The Morgan fingerprint density at radius 2 is 2.07 bits per heavy atom. The highest BCUT2D eigenvalue weighted by atomic mass is 32.1. The van der Waals surface area contributed by atoms with Crippen LogP contribution in [0.4, 0.5) is 15.2 Å². The SMILES string of the molecule is Cc1ccc(C)c(-c2csc(NC(=O)[C@@H]3CC(=O)Nc4cc(F)ccc43)n2)c1. The van der Waals surface area contributed by atoms with E-state index in [-0.39, 0.29) is 18.2 Å². The van der Waals surface area contributed by atoms with E-state index in [2.05, 4.69) is 21.7 Å². The molecule has 3 aromatic rings. The van der Waals surface area contributed by atoms with Gasteiger partial charge in [0.05, 0.1) is 11.6 Å². The molecule has 0 radical (unpaired) electrons. The highest BCUT2D eigenvalue weighted by Crippen LogP contribution is 2.34. The maximum absolute atomic E-state index is 13.5. The average Bonchev–Trinajstić information content (AvgIpc) is 3.10. The van der Waals surface area contributed by atoms with Gasteiger partial charge in [-0.2, -0.15) is 0 Å². The number of nitrogens with zero attached hydrogens (tertiary/aromatic N) is 1. The molecule has 0 saturated carbocycles. The van der Waals surface area contributed by atoms with E-state index in [1.165, 1.54) is 29.5 Å². The fourth-order valence-corrected chi connectivity index (χ4v) is 4.04. The van der Waals surface area contributed by atoms with Crippen molar-refractivity contribution in [3.8, 4) is 11.3 Å². The van der Waals surface area contributed by atoms with Gasteiger partial charge in [-0.15, -0.1) is 11.3 Å². The Kier molecular flexibility index (Phi) is 4.68. The Hall–Kier alpha value is -3.06. The van der Waals surface area contributed by atoms with E-state index in [4.69, 9.17) is 0 Å². The van der Waals surface area contributed by atoms with Crippen molar-refractivity contribution in [2.24, 2.45) is 0 Å². The van der Waals surface area contributed by atoms with Gasteiger partial charge in [0.2, 0.25) is 11.8 Å². The molecule has 142 valence electrons. The first-order valence-corrected chi connectivity index (χ1v) is 9.72. The zero-order valence-corrected chi connectivity index (χ0v) is 16.2. The van der Waals surface area contributed by atoms with Crippen molar-refractivity contribution in [2.45, 2.75) is 26.2 Å². The van der Waals surface area contributed by atoms with E-state index in [0.717, 1.165) is 22.4 Å². The molecule has 0 bridgehead atoms. The summed E-state index contributed by atoms with van der Waals surface area (Å²) in [5, 5.41) is 7.79. The lowest BCUT2D eigenvalue weighted by atomic mass is 9.90. The van der Waals surface area contributed by atoms with Crippen molar-refractivity contribution in [1.82, 2.24) is 4.98 Å². The molecular formula is C21H18FN3O2S. The summed E-state index contributed by atoms with van der Waals surface area (Å²) in [6.07, 6.45) is 0.0136. The number of rotatable bonds is 3. The first-order chi connectivity index (χ1) is 13.4. The third-order valence-electron chi connectivity index (χ3n) is 4.77. The van der Waals surface area contributed by atoms with Gasteiger partial charge in [-0.1, -0.05) is 23.8 Å². The van der Waals surface area contributed by atoms with Crippen LogP contribution >= 0.6 is 11.3 Å². The van der Waals surface area contributed by atoms with Crippen molar-refractivity contribution in [1.29, 1.82) is 0 Å². The molecule has 5 nitrogen and oxygen atoms in total. The van der Waals surface area contributed by atoms with Crippen LogP contribution in [0.2, 0.25) is 0 Å². The molecule has 0 saturated heterocycles. The number of thiazole rings is 1. The summed E-state index contributed by atoms with van der Waals surface area (Å²) in [4.78, 5) is 29.3. The van der Waals surface area contributed by atoms with E-state index in [1.54, 1.807) is 0 Å². The lowest BCUT2D eigenvalue weighted by Crippen LogP contribution is -2.30. The molecule has 7 heteroatoms. The summed E-state index contributed by atoms with van der Waals surface area (Å²) in [6, 6.07) is 10.2. The number of aromatic nitrogens is 1. The number of aryl methyl sites for hydroxylation is 2. The second-order valence-corrected chi connectivity index (χ2v) is 7.74. The standard InChI is InChI=1S/C21H18FN3O2S/c1-11-3-4-12(2)15(7-11)18-10-28-21(24-18)25-20(27)16-9-19(26)23-17-8-13(22)5-6-14(16)17/h3-8,10,16H,9H2,1-2H3,(H,23,26)(H,24,25,27)/t16-/m1/s1. The van der Waals surface area contributed by atoms with Gasteiger partial charge < -0.3 is 10.6 Å². The molecule has 1 aromatic heterocycles. The minimum atomic E-state index is -0.683. The average molecular weight is 395 g/mol. The highest BCUT2D eigenvalue weighted by Gasteiger charge is 2.31. The number of fused-ring (bicyclic) bond motifs is 1. The van der Waals surface area contributed by atoms with E-state index in [0.29, 0.717) is 16.4 Å². The molecule has 1 aliphatic rings. The molecular weight excluding hydrogens is 377 g/mol. The molecule has 2 amide bonds. The minimum absolute atomic E-state index is 0.0136. The van der Waals surface area contributed by atoms with Crippen LogP contribution in [-0.4, -0.2) is 16.8 Å². The maximum atomic E-state index is 13.5. The molecule has 1 aliphatic heterocycles. The van der Waals surface area contributed by atoms with Crippen LogP contribution in [0.25, 0.3) is 11.3 Å². The molecule has 2 heterocycles. The summed E-state index contributed by atoms with van der Waals surface area (Å²) < 4.78 is 13.5. The predicted octanol–water partition coefficient (Wildman–Crippen LogP) is 4.63. The minimum Gasteiger partial charge on any atom is -0.326 e. The molecule has 2 N–H and O–H groups in total. The van der Waals surface area contributed by atoms with Crippen LogP contribution in [0.15, 0.2) is 41.8 Å². The van der Waals surface area contributed by atoms with E-state index in [9.17, 15) is 14.0 Å². The van der Waals surface area contributed by atoms with Crippen molar-refractivity contribution in [3.05, 3.63) is 64.3 Å². The quantitative estimate of drug-likeness (QED) is 0.679. The Morgan fingerprint density at radius 3 is 2.89 bits per heavy atom. The van der Waals surface area contributed by atoms with Gasteiger partial charge in [0.25, 0.3) is 0 Å². The zero-order valence-electron chi connectivity index (χ0n) is 15.4. The number of halogens is 1. The number of amides is 2. The van der Waals surface area contributed by atoms with Gasteiger partial charge in [0.15, 0.2) is 5.13 Å². The van der Waals surface area contributed by atoms with E-state index >= 15 is 0 Å². The lowest BCUT2D eigenvalue weighted by Gasteiger charge is -2.24. The lowest BCUT2D eigenvalue weighted by molar-refractivity contribution is -0.123. The maximum Gasteiger partial charge on any atom is 0.234 e. The number of nitrogens with one attached hydrogen (secondary N) is 2. The van der Waals surface area contributed by atoms with Crippen LogP contribution in [-0.2, 0) is 9.59 Å². The summed E-state index contributed by atoms with van der Waals surface area (Å²) >= 11 is 1.33. The number of hydrogen-bond donors (Lipinski definition) is 2. The highest BCUT2D eigenvalue weighted by molar-refractivity contribution is 7.14. The first kappa shape index (κ1) is 18.3. The smallest absolute Gasteiger partial charge is 0.234 e. The Bertz CT molecular complexity index is 1090. The fraction of sp³-hybridized carbons (Fsp3) is 0.190. The molecule has 0 spiro atoms. The molecule has 28 heavy (non-hydrogen) atoms.